The highest BCUT2D eigenvalue weighted by Crippen LogP contribution is 2.33. The molecule has 1 aliphatic rings. The maximum Gasteiger partial charge on any atom is 0.248 e. The summed E-state index contributed by atoms with van der Waals surface area (Å²) in [5.41, 5.74) is 1.01. The summed E-state index contributed by atoms with van der Waals surface area (Å²) in [7, 11) is 0. The molecule has 118 valence electrons. The summed E-state index contributed by atoms with van der Waals surface area (Å²) in [5, 5.41) is 12.8. The van der Waals surface area contributed by atoms with Crippen LogP contribution < -0.4 is 0 Å². The molecule has 1 fully saturated rings. The molecule has 0 aliphatic carbocycles. The molecule has 2 aromatic heterocycles. The summed E-state index contributed by atoms with van der Waals surface area (Å²) < 4.78 is 6.08. The van der Waals surface area contributed by atoms with E-state index in [1.165, 1.54) is 11.3 Å². The number of nitrogens with zero attached hydrogens (tertiary/aromatic N) is 3. The van der Waals surface area contributed by atoms with E-state index in [4.69, 9.17) is 21.2 Å². The van der Waals surface area contributed by atoms with Crippen molar-refractivity contribution < 1.29 is 14.4 Å². The van der Waals surface area contributed by atoms with Crippen molar-refractivity contribution in [3.05, 3.63) is 28.2 Å². The van der Waals surface area contributed by atoms with Gasteiger partial charge in [0.25, 0.3) is 0 Å². The van der Waals surface area contributed by atoms with Gasteiger partial charge in [0.2, 0.25) is 5.91 Å². The minimum Gasteiger partial charge on any atom is -0.387 e. The summed E-state index contributed by atoms with van der Waals surface area (Å²) >= 11 is 7.43. The first-order chi connectivity index (χ1) is 10.7. The molecule has 1 saturated heterocycles. The van der Waals surface area contributed by atoms with Crippen molar-refractivity contribution in [3.8, 4) is 10.6 Å². The van der Waals surface area contributed by atoms with Crippen molar-refractivity contribution in [1.29, 1.82) is 0 Å². The van der Waals surface area contributed by atoms with Gasteiger partial charge < -0.3 is 14.5 Å². The van der Waals surface area contributed by atoms with Crippen LogP contribution in [0.5, 0.6) is 0 Å². The number of carbonyl (C=O) groups is 1. The minimum atomic E-state index is -0.422. The van der Waals surface area contributed by atoms with E-state index in [1.807, 2.05) is 12.1 Å². The Morgan fingerprint density at radius 1 is 1.36 bits per heavy atom. The lowest BCUT2D eigenvalue weighted by atomic mass is 10.2. The molecule has 0 radical (unpaired) electrons. The maximum absolute atomic E-state index is 11.5. The van der Waals surface area contributed by atoms with Crippen LogP contribution in [0.1, 0.15) is 5.56 Å². The lowest BCUT2D eigenvalue weighted by Gasteiger charge is -2.34. The summed E-state index contributed by atoms with van der Waals surface area (Å²) in [6, 6.07) is 3.77. The van der Waals surface area contributed by atoms with E-state index in [9.17, 15) is 4.79 Å². The zero-order chi connectivity index (χ0) is 15.5. The summed E-state index contributed by atoms with van der Waals surface area (Å²) in [6.07, 6.45) is 1.73. The number of aromatic nitrogens is 1. The highest BCUT2D eigenvalue weighted by Gasteiger charge is 2.22. The molecule has 3 rings (SSSR count). The van der Waals surface area contributed by atoms with Crippen LogP contribution in [-0.4, -0.2) is 58.8 Å². The second kappa shape index (κ2) is 6.78. The number of hydrogen-bond donors (Lipinski definition) is 1. The van der Waals surface area contributed by atoms with Gasteiger partial charge in [0, 0.05) is 38.3 Å². The monoisotopic (exact) mass is 341 g/mol. The third-order valence-corrected chi connectivity index (χ3v) is 4.93. The second-order valence-corrected chi connectivity index (χ2v) is 6.81. The van der Waals surface area contributed by atoms with Gasteiger partial charge in [-0.25, -0.2) is 0 Å². The molecular weight excluding hydrogens is 326 g/mol. The Bertz CT molecular complexity index is 649. The SMILES string of the molecule is O=C(CO)N1CCN(Cc2cnoc2-c2ccc(Cl)s2)CC1. The predicted molar refractivity (Wildman–Crippen MR) is 83.8 cm³/mol. The minimum absolute atomic E-state index is 0.210. The highest BCUT2D eigenvalue weighted by atomic mass is 35.5. The van der Waals surface area contributed by atoms with Gasteiger partial charge in [0.05, 0.1) is 15.4 Å². The quantitative estimate of drug-likeness (QED) is 0.916. The Kier molecular flexibility index (Phi) is 4.77. The topological polar surface area (TPSA) is 69.8 Å². The number of aliphatic hydroxyl groups excluding tert-OH is 1. The number of aliphatic hydroxyl groups is 1. The lowest BCUT2D eigenvalue weighted by Crippen LogP contribution is -2.49. The average Bonchev–Trinajstić information content (AvgIpc) is 3.16. The molecule has 0 saturated carbocycles. The first kappa shape index (κ1) is 15.5. The van der Waals surface area contributed by atoms with Crippen molar-refractivity contribution in [2.45, 2.75) is 6.54 Å². The fourth-order valence-corrected chi connectivity index (χ4v) is 3.56. The van der Waals surface area contributed by atoms with Crippen LogP contribution in [0, 0.1) is 0 Å². The Morgan fingerprint density at radius 2 is 2.14 bits per heavy atom. The van der Waals surface area contributed by atoms with Gasteiger partial charge >= 0.3 is 0 Å². The molecule has 8 heteroatoms. The van der Waals surface area contributed by atoms with Crippen molar-refractivity contribution in [2.75, 3.05) is 32.8 Å². The average molecular weight is 342 g/mol. The van der Waals surface area contributed by atoms with Crippen molar-refractivity contribution in [1.82, 2.24) is 15.0 Å². The van der Waals surface area contributed by atoms with E-state index >= 15 is 0 Å². The molecule has 0 atom stereocenters. The van der Waals surface area contributed by atoms with Crippen LogP contribution in [0.3, 0.4) is 0 Å². The van der Waals surface area contributed by atoms with Gasteiger partial charge in [0.1, 0.15) is 6.61 Å². The van der Waals surface area contributed by atoms with Crippen LogP contribution in [0.25, 0.3) is 10.6 Å². The van der Waals surface area contributed by atoms with Crippen LogP contribution in [0.15, 0.2) is 22.9 Å². The Hall–Kier alpha value is -1.41. The smallest absolute Gasteiger partial charge is 0.248 e. The Balaban J connectivity index is 1.63. The zero-order valence-corrected chi connectivity index (χ0v) is 13.4. The largest absolute Gasteiger partial charge is 0.387 e. The number of amides is 1. The number of carbonyl (C=O) groups excluding carboxylic acids is 1. The van der Waals surface area contributed by atoms with E-state index in [-0.39, 0.29) is 5.91 Å². The molecule has 22 heavy (non-hydrogen) atoms. The molecule has 1 aliphatic heterocycles. The normalized spacial score (nSPS) is 16.2. The molecule has 0 unspecified atom stereocenters. The van der Waals surface area contributed by atoms with Crippen LogP contribution in [0.2, 0.25) is 4.34 Å². The maximum atomic E-state index is 11.5. The molecule has 2 aromatic rings. The molecule has 1 amide bonds. The molecular formula is C14H16ClN3O3S. The van der Waals surface area contributed by atoms with Crippen molar-refractivity contribution >= 4 is 28.8 Å². The number of halogens is 1. The third kappa shape index (κ3) is 3.33. The van der Waals surface area contributed by atoms with Gasteiger partial charge in [-0.3, -0.25) is 9.69 Å². The van der Waals surface area contributed by atoms with E-state index < -0.39 is 6.61 Å². The van der Waals surface area contributed by atoms with Gasteiger partial charge in [0.15, 0.2) is 5.76 Å². The van der Waals surface area contributed by atoms with E-state index in [1.54, 1.807) is 11.1 Å². The molecule has 1 N–H and O–H groups in total. The van der Waals surface area contributed by atoms with Crippen molar-refractivity contribution in [2.24, 2.45) is 0 Å². The Labute approximate surface area is 136 Å². The van der Waals surface area contributed by atoms with E-state index in [0.29, 0.717) is 17.4 Å². The van der Waals surface area contributed by atoms with Gasteiger partial charge in [-0.15, -0.1) is 11.3 Å². The lowest BCUT2D eigenvalue weighted by molar-refractivity contribution is -0.135. The summed E-state index contributed by atoms with van der Waals surface area (Å²) in [6.45, 7) is 3.09. The van der Waals surface area contributed by atoms with E-state index in [2.05, 4.69) is 10.1 Å². The fraction of sp³-hybridized carbons (Fsp3) is 0.429. The molecule has 3 heterocycles. The molecule has 0 aromatic carbocycles. The fourth-order valence-electron chi connectivity index (χ4n) is 2.51. The molecule has 6 nitrogen and oxygen atoms in total. The van der Waals surface area contributed by atoms with Gasteiger partial charge in [-0.05, 0) is 12.1 Å². The summed E-state index contributed by atoms with van der Waals surface area (Å²) in [5.74, 6) is 0.546. The molecule has 0 bridgehead atoms. The van der Waals surface area contributed by atoms with Crippen LogP contribution >= 0.6 is 22.9 Å². The number of thiophene rings is 1. The zero-order valence-electron chi connectivity index (χ0n) is 11.9. The van der Waals surface area contributed by atoms with Crippen LogP contribution in [0.4, 0.5) is 0 Å². The number of rotatable bonds is 4. The van der Waals surface area contributed by atoms with Gasteiger partial charge in [-0.2, -0.15) is 0 Å². The Morgan fingerprint density at radius 3 is 2.77 bits per heavy atom. The number of piperazine rings is 1. The highest BCUT2D eigenvalue weighted by molar-refractivity contribution is 7.19. The molecule has 0 spiro atoms. The van der Waals surface area contributed by atoms with Crippen molar-refractivity contribution in [3.63, 3.8) is 0 Å². The second-order valence-electron chi connectivity index (χ2n) is 5.10. The third-order valence-electron chi connectivity index (χ3n) is 3.70. The standard InChI is InChI=1S/C14H16ClN3O3S/c15-12-2-1-11(22-12)14-10(7-16-21-14)8-17-3-5-18(6-4-17)13(20)9-19/h1-2,7,19H,3-6,8-9H2. The first-order valence-electron chi connectivity index (χ1n) is 6.97. The van der Waals surface area contributed by atoms with E-state index in [0.717, 1.165) is 35.8 Å². The number of hydrogen-bond acceptors (Lipinski definition) is 6. The first-order valence-corrected chi connectivity index (χ1v) is 8.17. The predicted octanol–water partition coefficient (Wildman–Crippen LogP) is 1.69. The van der Waals surface area contributed by atoms with Crippen LogP contribution in [-0.2, 0) is 11.3 Å². The van der Waals surface area contributed by atoms with Gasteiger partial charge in [-0.1, -0.05) is 16.8 Å². The summed E-state index contributed by atoms with van der Waals surface area (Å²) in [4.78, 5) is 16.3.